The number of hydrogen-bond donors (Lipinski definition) is 0. The zero-order valence-electron chi connectivity index (χ0n) is 7.29. The first-order valence-electron chi connectivity index (χ1n) is 3.68. The van der Waals surface area contributed by atoms with Crippen LogP contribution in [0.2, 0.25) is 0 Å². The highest BCUT2D eigenvalue weighted by atomic mass is 16.6. The first-order chi connectivity index (χ1) is 5.74. The number of carbonyl (C=O) groups excluding carboxylic acids is 1. The van der Waals surface area contributed by atoms with Crippen molar-refractivity contribution in [1.29, 1.82) is 0 Å². The Bertz CT molecular complexity index is 161. The lowest BCUT2D eigenvalue weighted by Crippen LogP contribution is -2.18. The third kappa shape index (κ3) is 3.93. The van der Waals surface area contributed by atoms with Gasteiger partial charge in [0.25, 0.3) is 0 Å². The molecule has 2 atom stereocenters. The van der Waals surface area contributed by atoms with Crippen molar-refractivity contribution in [2.45, 2.75) is 19.1 Å². The van der Waals surface area contributed by atoms with Crippen molar-refractivity contribution in [2.24, 2.45) is 0 Å². The summed E-state index contributed by atoms with van der Waals surface area (Å²) in [5, 5.41) is 0. The summed E-state index contributed by atoms with van der Waals surface area (Å²) >= 11 is 0. The summed E-state index contributed by atoms with van der Waals surface area (Å²) in [7, 11) is 0. The molecule has 1 aliphatic heterocycles. The molecule has 0 saturated carbocycles. The molecule has 0 aromatic carbocycles. The normalized spacial score (nSPS) is 21.2. The van der Waals surface area contributed by atoms with Gasteiger partial charge in [-0.15, -0.1) is 13.2 Å². The molecule has 1 fully saturated rings. The lowest BCUT2D eigenvalue weighted by molar-refractivity contribution is -0.143. The van der Waals surface area contributed by atoms with Crippen LogP contribution in [-0.2, 0) is 14.3 Å². The molecule has 1 rings (SSSR count). The Labute approximate surface area is 72.7 Å². The van der Waals surface area contributed by atoms with Crippen LogP contribution < -0.4 is 0 Å². The van der Waals surface area contributed by atoms with Crippen molar-refractivity contribution in [1.82, 2.24) is 0 Å². The van der Waals surface area contributed by atoms with Crippen LogP contribution in [0.4, 0.5) is 0 Å². The van der Waals surface area contributed by atoms with Gasteiger partial charge >= 0.3 is 5.97 Å². The van der Waals surface area contributed by atoms with Crippen LogP contribution in [0, 0.1) is 0 Å². The van der Waals surface area contributed by atoms with Crippen molar-refractivity contribution >= 4 is 5.97 Å². The maximum Gasteiger partial charge on any atom is 0.330 e. The van der Waals surface area contributed by atoms with Crippen molar-refractivity contribution in [2.75, 3.05) is 6.61 Å². The second kappa shape index (κ2) is 5.55. The molecule has 0 amide bonds. The Balaban J connectivity index is 0.000000561. The number of carbonyl (C=O) groups is 1. The highest BCUT2D eigenvalue weighted by Gasteiger charge is 2.31. The molecule has 0 radical (unpaired) electrons. The van der Waals surface area contributed by atoms with E-state index in [1.807, 2.05) is 0 Å². The van der Waals surface area contributed by atoms with Gasteiger partial charge in [-0.2, -0.15) is 0 Å². The molecule has 3 nitrogen and oxygen atoms in total. The SMILES string of the molecule is C=C.C=CC(=O)OC(C)C1CO1. The largest absolute Gasteiger partial charge is 0.457 e. The molecule has 2 unspecified atom stereocenters. The van der Waals surface area contributed by atoms with Crippen LogP contribution in [0.5, 0.6) is 0 Å². The van der Waals surface area contributed by atoms with Crippen LogP contribution in [0.25, 0.3) is 0 Å². The molecule has 68 valence electrons. The van der Waals surface area contributed by atoms with Gasteiger partial charge in [0.05, 0.1) is 6.61 Å². The lowest BCUT2D eigenvalue weighted by Gasteiger charge is -2.06. The topological polar surface area (TPSA) is 38.8 Å². The van der Waals surface area contributed by atoms with E-state index in [1.165, 1.54) is 0 Å². The smallest absolute Gasteiger partial charge is 0.330 e. The van der Waals surface area contributed by atoms with Gasteiger partial charge in [-0.05, 0) is 6.92 Å². The summed E-state index contributed by atoms with van der Waals surface area (Å²) in [6, 6.07) is 0. The summed E-state index contributed by atoms with van der Waals surface area (Å²) in [5.41, 5.74) is 0. The molecule has 3 heteroatoms. The van der Waals surface area contributed by atoms with Crippen LogP contribution in [0.1, 0.15) is 6.92 Å². The third-order valence-corrected chi connectivity index (χ3v) is 1.35. The molecule has 0 aliphatic carbocycles. The second-order valence-electron chi connectivity index (χ2n) is 2.22. The van der Waals surface area contributed by atoms with Gasteiger partial charge < -0.3 is 9.47 Å². The van der Waals surface area contributed by atoms with Gasteiger partial charge in [-0.1, -0.05) is 6.58 Å². The van der Waals surface area contributed by atoms with Crippen LogP contribution in [0.3, 0.4) is 0 Å². The van der Waals surface area contributed by atoms with E-state index in [9.17, 15) is 4.79 Å². The first-order valence-corrected chi connectivity index (χ1v) is 3.68. The highest BCUT2D eigenvalue weighted by Crippen LogP contribution is 2.16. The van der Waals surface area contributed by atoms with E-state index < -0.39 is 0 Å². The zero-order chi connectivity index (χ0) is 9.56. The molecule has 0 N–H and O–H groups in total. The quantitative estimate of drug-likeness (QED) is 0.277. The third-order valence-electron chi connectivity index (χ3n) is 1.35. The molecule has 1 aliphatic rings. The number of ether oxygens (including phenoxy) is 2. The van der Waals surface area contributed by atoms with Gasteiger partial charge in [0.1, 0.15) is 12.2 Å². The van der Waals surface area contributed by atoms with Crippen LogP contribution >= 0.6 is 0 Å². The summed E-state index contributed by atoms with van der Waals surface area (Å²) in [4.78, 5) is 10.6. The second-order valence-corrected chi connectivity index (χ2v) is 2.22. The Hall–Kier alpha value is -1.09. The number of epoxide rings is 1. The molecular weight excluding hydrogens is 156 g/mol. The van der Waals surface area contributed by atoms with E-state index in [2.05, 4.69) is 19.7 Å². The molecule has 0 aromatic heterocycles. The molecule has 12 heavy (non-hydrogen) atoms. The summed E-state index contributed by atoms with van der Waals surface area (Å²) < 4.78 is 9.75. The minimum absolute atomic E-state index is 0.115. The number of rotatable bonds is 3. The molecule has 0 spiro atoms. The van der Waals surface area contributed by atoms with Crippen LogP contribution in [0.15, 0.2) is 25.8 Å². The Morgan fingerprint density at radius 1 is 1.75 bits per heavy atom. The zero-order valence-corrected chi connectivity index (χ0v) is 7.29. The molecule has 0 aromatic rings. The van der Waals surface area contributed by atoms with E-state index in [0.29, 0.717) is 6.61 Å². The molecule has 1 saturated heterocycles. The Morgan fingerprint density at radius 2 is 2.25 bits per heavy atom. The van der Waals surface area contributed by atoms with Crippen molar-refractivity contribution < 1.29 is 14.3 Å². The van der Waals surface area contributed by atoms with Gasteiger partial charge in [0, 0.05) is 6.08 Å². The van der Waals surface area contributed by atoms with Gasteiger partial charge in [0.15, 0.2) is 0 Å². The summed E-state index contributed by atoms with van der Waals surface area (Å²) in [6.07, 6.45) is 1.13. The first kappa shape index (κ1) is 10.9. The maximum absolute atomic E-state index is 10.6. The fourth-order valence-electron chi connectivity index (χ4n) is 0.634. The molecule has 1 heterocycles. The van der Waals surface area contributed by atoms with E-state index in [-0.39, 0.29) is 18.2 Å². The average molecular weight is 170 g/mol. The number of esters is 1. The minimum atomic E-state index is -0.386. The van der Waals surface area contributed by atoms with Gasteiger partial charge in [0.2, 0.25) is 0 Å². The predicted octanol–water partition coefficient (Wildman–Crippen LogP) is 1.31. The van der Waals surface area contributed by atoms with Crippen LogP contribution in [-0.4, -0.2) is 24.8 Å². The standard InChI is InChI=1S/C7H10O3.C2H4/c1-3-7(8)10-5(2)6-4-9-6;1-2/h3,5-6H,1,4H2,2H3;1-2H2. The lowest BCUT2D eigenvalue weighted by atomic mass is 10.3. The molecule has 0 bridgehead atoms. The van der Waals surface area contributed by atoms with E-state index >= 15 is 0 Å². The van der Waals surface area contributed by atoms with E-state index in [1.54, 1.807) is 6.92 Å². The van der Waals surface area contributed by atoms with Gasteiger partial charge in [-0.25, -0.2) is 4.79 Å². The van der Waals surface area contributed by atoms with E-state index in [4.69, 9.17) is 9.47 Å². The summed E-state index contributed by atoms with van der Waals surface area (Å²) in [5.74, 6) is -0.386. The fourth-order valence-corrected chi connectivity index (χ4v) is 0.634. The monoisotopic (exact) mass is 170 g/mol. The number of hydrogen-bond acceptors (Lipinski definition) is 3. The predicted molar refractivity (Wildman–Crippen MR) is 46.7 cm³/mol. The molecular formula is C9H14O3. The van der Waals surface area contributed by atoms with Crippen molar-refractivity contribution in [3.05, 3.63) is 25.8 Å². The fraction of sp³-hybridized carbons (Fsp3) is 0.444. The highest BCUT2D eigenvalue weighted by molar-refractivity contribution is 5.81. The Kier molecular flexibility index (Phi) is 5.04. The van der Waals surface area contributed by atoms with E-state index in [0.717, 1.165) is 6.08 Å². The minimum Gasteiger partial charge on any atom is -0.457 e. The maximum atomic E-state index is 10.6. The van der Waals surface area contributed by atoms with Crippen molar-refractivity contribution in [3.8, 4) is 0 Å². The van der Waals surface area contributed by atoms with Crippen molar-refractivity contribution in [3.63, 3.8) is 0 Å². The average Bonchev–Trinajstić information content (AvgIpc) is 2.90. The summed E-state index contributed by atoms with van der Waals surface area (Å²) in [6.45, 7) is 11.8. The van der Waals surface area contributed by atoms with Gasteiger partial charge in [-0.3, -0.25) is 0 Å². The Morgan fingerprint density at radius 3 is 2.58 bits per heavy atom.